The van der Waals surface area contributed by atoms with Gasteiger partial charge >= 0.3 is 0 Å². The van der Waals surface area contributed by atoms with E-state index in [1.54, 1.807) is 24.0 Å². The number of rotatable bonds is 0. The average molecular weight is 150 g/mol. The lowest BCUT2D eigenvalue weighted by Gasteiger charge is -1.94. The maximum absolute atomic E-state index is 11.1. The lowest BCUT2D eigenvalue weighted by molar-refractivity contribution is 0.670. The second-order valence-corrected chi connectivity index (χ2v) is 2.24. The van der Waals surface area contributed by atoms with Gasteiger partial charge in [0.2, 0.25) is 0 Å². The first kappa shape index (κ1) is 6.09. The molecule has 5 nitrogen and oxygen atoms in total. The van der Waals surface area contributed by atoms with Crippen LogP contribution in [0.5, 0.6) is 0 Å². The highest BCUT2D eigenvalue weighted by Crippen LogP contribution is 1.91. The first-order valence-electron chi connectivity index (χ1n) is 3.15. The van der Waals surface area contributed by atoms with E-state index in [0.717, 1.165) is 0 Å². The normalized spacial score (nSPS) is 10.6. The van der Waals surface area contributed by atoms with Gasteiger partial charge in [-0.3, -0.25) is 9.48 Å². The van der Waals surface area contributed by atoms with E-state index in [-0.39, 0.29) is 5.56 Å². The zero-order valence-corrected chi connectivity index (χ0v) is 5.93. The predicted octanol–water partition coefficient (Wildman–Crippen LogP) is -0.572. The van der Waals surface area contributed by atoms with Crippen molar-refractivity contribution in [3.8, 4) is 0 Å². The number of hydrogen-bond acceptors (Lipinski definition) is 3. The molecule has 2 aromatic heterocycles. The van der Waals surface area contributed by atoms with E-state index >= 15 is 0 Å². The van der Waals surface area contributed by atoms with Crippen molar-refractivity contribution in [3.05, 3.63) is 28.8 Å². The van der Waals surface area contributed by atoms with Gasteiger partial charge in [-0.2, -0.15) is 9.61 Å². The van der Waals surface area contributed by atoms with Crippen LogP contribution in [0.2, 0.25) is 0 Å². The van der Waals surface area contributed by atoms with Gasteiger partial charge in [-0.1, -0.05) is 0 Å². The van der Waals surface area contributed by atoms with Crippen LogP contribution < -0.4 is 5.56 Å². The van der Waals surface area contributed by atoms with Crippen molar-refractivity contribution in [2.45, 2.75) is 0 Å². The molecule has 0 saturated carbocycles. The Bertz CT molecular complexity index is 441. The van der Waals surface area contributed by atoms with Gasteiger partial charge in [-0.15, -0.1) is 5.10 Å². The molecule has 0 amide bonds. The number of aromatic nitrogens is 4. The van der Waals surface area contributed by atoms with E-state index in [4.69, 9.17) is 0 Å². The Morgan fingerprint density at radius 1 is 1.55 bits per heavy atom. The van der Waals surface area contributed by atoms with Gasteiger partial charge in [-0.25, -0.2) is 0 Å². The lowest BCUT2D eigenvalue weighted by Crippen LogP contribution is -2.18. The van der Waals surface area contributed by atoms with Crippen molar-refractivity contribution < 1.29 is 0 Å². The minimum absolute atomic E-state index is 0.164. The molecule has 0 atom stereocenters. The molecule has 0 aliphatic rings. The van der Waals surface area contributed by atoms with Gasteiger partial charge in [-0.05, 0) is 0 Å². The molecule has 56 valence electrons. The highest BCUT2D eigenvalue weighted by molar-refractivity contribution is 5.33. The summed E-state index contributed by atoms with van der Waals surface area (Å²) in [6.07, 6.45) is 2.94. The second-order valence-electron chi connectivity index (χ2n) is 2.24. The van der Waals surface area contributed by atoms with E-state index in [2.05, 4.69) is 10.2 Å². The number of nitrogens with zero attached hydrogens (tertiary/aromatic N) is 4. The minimum Gasteiger partial charge on any atom is -0.287 e. The molecule has 2 aromatic rings. The quantitative estimate of drug-likeness (QED) is 0.505. The van der Waals surface area contributed by atoms with Gasteiger partial charge < -0.3 is 0 Å². The van der Waals surface area contributed by atoms with E-state index in [1.165, 1.54) is 10.7 Å². The van der Waals surface area contributed by atoms with Crippen molar-refractivity contribution in [3.63, 3.8) is 0 Å². The van der Waals surface area contributed by atoms with Gasteiger partial charge in [0.25, 0.3) is 5.56 Å². The molecule has 0 unspecified atom stereocenters. The molecular formula is C6H6N4O. The van der Waals surface area contributed by atoms with Crippen molar-refractivity contribution in [2.24, 2.45) is 7.05 Å². The van der Waals surface area contributed by atoms with E-state index in [0.29, 0.717) is 5.65 Å². The zero-order chi connectivity index (χ0) is 7.84. The Hall–Kier alpha value is -1.65. The Morgan fingerprint density at radius 2 is 2.36 bits per heavy atom. The molecule has 0 N–H and O–H groups in total. The maximum Gasteiger partial charge on any atom is 0.291 e. The van der Waals surface area contributed by atoms with Crippen LogP contribution in [-0.2, 0) is 7.05 Å². The first-order valence-corrected chi connectivity index (χ1v) is 3.15. The number of aryl methyl sites for hydroxylation is 1. The molecule has 0 aliphatic heterocycles. The zero-order valence-electron chi connectivity index (χ0n) is 5.93. The molecule has 0 aromatic carbocycles. The highest BCUT2D eigenvalue weighted by Gasteiger charge is 1.98. The Balaban J connectivity index is 3.08. The molecule has 0 saturated heterocycles. The summed E-state index contributed by atoms with van der Waals surface area (Å²) in [6, 6.07) is 1.73. The van der Waals surface area contributed by atoms with E-state index in [9.17, 15) is 4.79 Å². The Morgan fingerprint density at radius 3 is 3.09 bits per heavy atom. The standard InChI is InChI=1S/C6H6N4O/c1-9-3-2-5-8-7-4-6(11)10(5)9/h2-4H,1H3. The van der Waals surface area contributed by atoms with Crippen LogP contribution in [0.1, 0.15) is 0 Å². The molecule has 0 aliphatic carbocycles. The summed E-state index contributed by atoms with van der Waals surface area (Å²) in [7, 11) is 1.77. The van der Waals surface area contributed by atoms with Crippen LogP contribution >= 0.6 is 0 Å². The summed E-state index contributed by atoms with van der Waals surface area (Å²) in [5, 5.41) is 7.28. The third-order valence-corrected chi connectivity index (χ3v) is 1.51. The van der Waals surface area contributed by atoms with Crippen LogP contribution in [0.15, 0.2) is 23.3 Å². The number of hydrogen-bond donors (Lipinski definition) is 0. The van der Waals surface area contributed by atoms with Gasteiger partial charge in [0, 0.05) is 19.3 Å². The van der Waals surface area contributed by atoms with Crippen LogP contribution in [0.25, 0.3) is 5.65 Å². The summed E-state index contributed by atoms with van der Waals surface area (Å²) in [5.41, 5.74) is 0.405. The smallest absolute Gasteiger partial charge is 0.287 e. The van der Waals surface area contributed by atoms with Crippen molar-refractivity contribution >= 4 is 5.65 Å². The third-order valence-electron chi connectivity index (χ3n) is 1.51. The summed E-state index contributed by atoms with van der Waals surface area (Å²) in [4.78, 5) is 11.1. The topological polar surface area (TPSA) is 52.2 Å². The van der Waals surface area contributed by atoms with Gasteiger partial charge in [0.05, 0.1) is 0 Å². The molecule has 11 heavy (non-hydrogen) atoms. The first-order chi connectivity index (χ1) is 5.29. The minimum atomic E-state index is -0.164. The van der Waals surface area contributed by atoms with Crippen LogP contribution in [0, 0.1) is 0 Å². The molecular weight excluding hydrogens is 144 g/mol. The molecule has 5 heteroatoms. The fourth-order valence-electron chi connectivity index (χ4n) is 1.01. The van der Waals surface area contributed by atoms with E-state index < -0.39 is 0 Å². The average Bonchev–Trinajstić information content (AvgIpc) is 2.34. The van der Waals surface area contributed by atoms with E-state index in [1.807, 2.05) is 0 Å². The highest BCUT2D eigenvalue weighted by atomic mass is 16.1. The summed E-state index contributed by atoms with van der Waals surface area (Å²) in [5.74, 6) is 0. The van der Waals surface area contributed by atoms with Crippen LogP contribution in [0.3, 0.4) is 0 Å². The molecule has 0 spiro atoms. The fourth-order valence-corrected chi connectivity index (χ4v) is 1.01. The molecule has 2 heterocycles. The molecule has 2 rings (SSSR count). The van der Waals surface area contributed by atoms with Crippen molar-refractivity contribution in [1.82, 2.24) is 19.4 Å². The number of fused-ring (bicyclic) bond motifs is 1. The molecule has 0 bridgehead atoms. The van der Waals surface area contributed by atoms with Crippen molar-refractivity contribution in [1.29, 1.82) is 0 Å². The summed E-state index contributed by atoms with van der Waals surface area (Å²) < 4.78 is 3.10. The SMILES string of the molecule is Cn1ccc2nncc(=O)n21. The predicted molar refractivity (Wildman–Crippen MR) is 38.2 cm³/mol. The van der Waals surface area contributed by atoms with Gasteiger partial charge in [0.1, 0.15) is 6.20 Å². The maximum atomic E-state index is 11.1. The molecule has 0 fully saturated rings. The largest absolute Gasteiger partial charge is 0.291 e. The van der Waals surface area contributed by atoms with Crippen LogP contribution in [-0.4, -0.2) is 19.4 Å². The fraction of sp³-hybridized carbons (Fsp3) is 0.167. The Labute approximate surface area is 61.9 Å². The molecule has 0 radical (unpaired) electrons. The lowest BCUT2D eigenvalue weighted by atomic mass is 10.7. The second kappa shape index (κ2) is 1.91. The summed E-state index contributed by atoms with van der Waals surface area (Å²) >= 11 is 0. The van der Waals surface area contributed by atoms with Gasteiger partial charge in [0.15, 0.2) is 5.65 Å². The third kappa shape index (κ3) is 0.739. The monoisotopic (exact) mass is 150 g/mol. The van der Waals surface area contributed by atoms with Crippen molar-refractivity contribution in [2.75, 3.05) is 0 Å². The Kier molecular flexibility index (Phi) is 1.06. The summed E-state index contributed by atoms with van der Waals surface area (Å²) in [6.45, 7) is 0. The van der Waals surface area contributed by atoms with Crippen LogP contribution in [0.4, 0.5) is 0 Å².